The number of carbonyl (C=O) groups is 1. The van der Waals surface area contributed by atoms with Gasteiger partial charge < -0.3 is 16.4 Å². The molecule has 0 saturated heterocycles. The van der Waals surface area contributed by atoms with Gasteiger partial charge in [-0.3, -0.25) is 4.79 Å². The quantitative estimate of drug-likeness (QED) is 0.738. The molecule has 0 unspecified atom stereocenters. The SMILES string of the molecule is Cc1ccc(Cl)c(Nc2cc3c(cc2N)CCC(=O)N3)c1. The number of carbonyl (C=O) groups excluding carboxylic acids is 1. The summed E-state index contributed by atoms with van der Waals surface area (Å²) in [6.07, 6.45) is 1.22. The molecule has 2 aromatic rings. The Labute approximate surface area is 128 Å². The van der Waals surface area contributed by atoms with Crippen molar-refractivity contribution in [2.24, 2.45) is 0 Å². The fourth-order valence-corrected chi connectivity index (χ4v) is 2.60. The summed E-state index contributed by atoms with van der Waals surface area (Å²) < 4.78 is 0. The third-order valence-electron chi connectivity index (χ3n) is 3.56. The van der Waals surface area contributed by atoms with E-state index < -0.39 is 0 Å². The van der Waals surface area contributed by atoms with Crippen molar-refractivity contribution >= 4 is 40.3 Å². The largest absolute Gasteiger partial charge is 0.397 e. The Morgan fingerprint density at radius 2 is 2.00 bits per heavy atom. The molecule has 0 fully saturated rings. The van der Waals surface area contributed by atoms with Crippen LogP contribution in [0.3, 0.4) is 0 Å². The van der Waals surface area contributed by atoms with E-state index in [0.717, 1.165) is 34.6 Å². The van der Waals surface area contributed by atoms with E-state index in [2.05, 4.69) is 10.6 Å². The summed E-state index contributed by atoms with van der Waals surface area (Å²) in [5.41, 5.74) is 11.3. The van der Waals surface area contributed by atoms with Crippen molar-refractivity contribution in [2.45, 2.75) is 19.8 Å². The summed E-state index contributed by atoms with van der Waals surface area (Å²) in [6, 6.07) is 9.51. The normalized spacial score (nSPS) is 13.5. The van der Waals surface area contributed by atoms with Crippen molar-refractivity contribution in [3.8, 4) is 0 Å². The van der Waals surface area contributed by atoms with Crippen LogP contribution in [0.2, 0.25) is 5.02 Å². The number of anilines is 4. The van der Waals surface area contributed by atoms with Crippen LogP contribution >= 0.6 is 11.6 Å². The zero-order chi connectivity index (χ0) is 15.0. The molecule has 0 saturated carbocycles. The molecule has 5 heteroatoms. The van der Waals surface area contributed by atoms with Gasteiger partial charge in [0.05, 0.1) is 22.1 Å². The number of benzene rings is 2. The van der Waals surface area contributed by atoms with E-state index in [0.29, 0.717) is 17.1 Å². The second kappa shape index (κ2) is 5.30. The molecule has 4 nitrogen and oxygen atoms in total. The van der Waals surface area contributed by atoms with Crippen molar-refractivity contribution in [3.05, 3.63) is 46.5 Å². The predicted molar refractivity (Wildman–Crippen MR) is 87.3 cm³/mol. The highest BCUT2D eigenvalue weighted by molar-refractivity contribution is 6.33. The topological polar surface area (TPSA) is 67.1 Å². The third kappa shape index (κ3) is 2.81. The van der Waals surface area contributed by atoms with Crippen LogP contribution in [0.15, 0.2) is 30.3 Å². The maximum atomic E-state index is 11.5. The van der Waals surface area contributed by atoms with Gasteiger partial charge >= 0.3 is 0 Å². The number of nitrogens with two attached hydrogens (primary N) is 1. The number of rotatable bonds is 2. The van der Waals surface area contributed by atoms with Gasteiger partial charge in [-0.05, 0) is 48.7 Å². The third-order valence-corrected chi connectivity index (χ3v) is 3.89. The van der Waals surface area contributed by atoms with Gasteiger partial charge in [-0.25, -0.2) is 0 Å². The molecule has 4 N–H and O–H groups in total. The van der Waals surface area contributed by atoms with Crippen molar-refractivity contribution in [2.75, 3.05) is 16.4 Å². The molecular formula is C16H16ClN3O. The molecule has 0 atom stereocenters. The van der Waals surface area contributed by atoms with Crippen LogP contribution in [-0.2, 0) is 11.2 Å². The Morgan fingerprint density at radius 3 is 2.81 bits per heavy atom. The average molecular weight is 302 g/mol. The Kier molecular flexibility index (Phi) is 3.47. The van der Waals surface area contributed by atoms with E-state index >= 15 is 0 Å². The maximum absolute atomic E-state index is 11.5. The molecule has 0 spiro atoms. The van der Waals surface area contributed by atoms with E-state index in [9.17, 15) is 4.79 Å². The van der Waals surface area contributed by atoms with Gasteiger partial charge in [0.1, 0.15) is 0 Å². The molecule has 3 rings (SSSR count). The van der Waals surface area contributed by atoms with Gasteiger partial charge in [-0.15, -0.1) is 0 Å². The Balaban J connectivity index is 1.97. The molecule has 0 bridgehead atoms. The highest BCUT2D eigenvalue weighted by atomic mass is 35.5. The van der Waals surface area contributed by atoms with Crippen LogP contribution < -0.4 is 16.4 Å². The number of amides is 1. The van der Waals surface area contributed by atoms with Crippen molar-refractivity contribution < 1.29 is 4.79 Å². The van der Waals surface area contributed by atoms with Gasteiger partial charge in [0.25, 0.3) is 0 Å². The van der Waals surface area contributed by atoms with Crippen LogP contribution in [0.25, 0.3) is 0 Å². The number of fused-ring (bicyclic) bond motifs is 1. The first kappa shape index (κ1) is 13.8. The van der Waals surface area contributed by atoms with Crippen molar-refractivity contribution in [1.82, 2.24) is 0 Å². The first-order chi connectivity index (χ1) is 10.0. The van der Waals surface area contributed by atoms with Crippen LogP contribution in [0.4, 0.5) is 22.7 Å². The Hall–Kier alpha value is -2.20. The highest BCUT2D eigenvalue weighted by Crippen LogP contribution is 2.34. The summed E-state index contributed by atoms with van der Waals surface area (Å²) in [5.74, 6) is 0.0341. The molecule has 2 aromatic carbocycles. The molecule has 1 amide bonds. The fraction of sp³-hybridized carbons (Fsp3) is 0.188. The Bertz CT molecular complexity index is 728. The second-order valence-corrected chi connectivity index (χ2v) is 5.66. The van der Waals surface area contributed by atoms with E-state index in [-0.39, 0.29) is 5.91 Å². The molecular weight excluding hydrogens is 286 g/mol. The summed E-state index contributed by atoms with van der Waals surface area (Å²) in [4.78, 5) is 11.5. The minimum Gasteiger partial charge on any atom is -0.397 e. The van der Waals surface area contributed by atoms with Crippen molar-refractivity contribution in [1.29, 1.82) is 0 Å². The molecule has 21 heavy (non-hydrogen) atoms. The number of aryl methyl sites for hydroxylation is 2. The lowest BCUT2D eigenvalue weighted by molar-refractivity contribution is -0.116. The van der Waals surface area contributed by atoms with E-state index in [1.807, 2.05) is 37.3 Å². The van der Waals surface area contributed by atoms with E-state index in [4.69, 9.17) is 17.3 Å². The lowest BCUT2D eigenvalue weighted by Gasteiger charge is -2.20. The molecule has 1 aliphatic rings. The number of halogens is 1. The predicted octanol–water partition coefficient (Wildman–Crippen LogP) is 3.86. The molecule has 108 valence electrons. The zero-order valence-electron chi connectivity index (χ0n) is 11.7. The molecule has 0 aromatic heterocycles. The van der Waals surface area contributed by atoms with Crippen LogP contribution in [0, 0.1) is 6.92 Å². The fourth-order valence-electron chi connectivity index (χ4n) is 2.44. The summed E-state index contributed by atoms with van der Waals surface area (Å²) >= 11 is 6.19. The number of nitrogen functional groups attached to an aromatic ring is 1. The van der Waals surface area contributed by atoms with E-state index in [1.54, 1.807) is 0 Å². The monoisotopic (exact) mass is 301 g/mol. The lowest BCUT2D eigenvalue weighted by Crippen LogP contribution is -2.19. The summed E-state index contributed by atoms with van der Waals surface area (Å²) in [6.45, 7) is 2.00. The molecule has 1 heterocycles. The molecule has 0 aliphatic carbocycles. The van der Waals surface area contributed by atoms with Crippen LogP contribution in [0.1, 0.15) is 17.5 Å². The maximum Gasteiger partial charge on any atom is 0.224 e. The van der Waals surface area contributed by atoms with Gasteiger partial charge in [-0.1, -0.05) is 17.7 Å². The first-order valence-electron chi connectivity index (χ1n) is 6.78. The van der Waals surface area contributed by atoms with Gasteiger partial charge in [0.2, 0.25) is 5.91 Å². The first-order valence-corrected chi connectivity index (χ1v) is 7.16. The lowest BCUT2D eigenvalue weighted by atomic mass is 10.0. The Morgan fingerprint density at radius 1 is 1.19 bits per heavy atom. The minimum absolute atomic E-state index is 0.0341. The van der Waals surface area contributed by atoms with Gasteiger partial charge in [-0.2, -0.15) is 0 Å². The molecule has 0 radical (unpaired) electrons. The van der Waals surface area contributed by atoms with Gasteiger partial charge in [0.15, 0.2) is 0 Å². The van der Waals surface area contributed by atoms with E-state index in [1.165, 1.54) is 0 Å². The number of nitrogens with one attached hydrogen (secondary N) is 2. The minimum atomic E-state index is 0.0341. The number of hydrogen-bond acceptors (Lipinski definition) is 3. The number of hydrogen-bond donors (Lipinski definition) is 3. The van der Waals surface area contributed by atoms with Crippen LogP contribution in [0.5, 0.6) is 0 Å². The van der Waals surface area contributed by atoms with Crippen LogP contribution in [-0.4, -0.2) is 5.91 Å². The standard InChI is InChI=1S/C16H16ClN3O/c1-9-2-4-11(17)14(6-9)19-15-8-13-10(7-12(15)18)3-5-16(21)20-13/h2,4,6-8,19H,3,5,18H2,1H3,(H,20,21). The highest BCUT2D eigenvalue weighted by Gasteiger charge is 2.17. The zero-order valence-corrected chi connectivity index (χ0v) is 12.4. The van der Waals surface area contributed by atoms with Gasteiger partial charge in [0, 0.05) is 12.1 Å². The summed E-state index contributed by atoms with van der Waals surface area (Å²) in [7, 11) is 0. The smallest absolute Gasteiger partial charge is 0.224 e. The average Bonchev–Trinajstić information content (AvgIpc) is 2.44. The molecule has 1 aliphatic heterocycles. The second-order valence-electron chi connectivity index (χ2n) is 5.25. The van der Waals surface area contributed by atoms with Crippen molar-refractivity contribution in [3.63, 3.8) is 0 Å². The summed E-state index contributed by atoms with van der Waals surface area (Å²) in [5, 5.41) is 6.74.